The van der Waals surface area contributed by atoms with Crippen LogP contribution < -0.4 is 14.8 Å². The predicted molar refractivity (Wildman–Crippen MR) is 87.8 cm³/mol. The molecule has 134 valence electrons. The Kier molecular flexibility index (Phi) is 5.90. The van der Waals surface area contributed by atoms with Gasteiger partial charge in [-0.05, 0) is 50.2 Å². The molecule has 0 aliphatic heterocycles. The standard InChI is InChI=1S/C18H18F3NO3/c1-3-24-15-6-4-5-7-16(15)25-12(2)17(23)22-14-10-8-13(9-11-14)18(19,20)21/h4-12H,3H2,1-2H3,(H,22,23). The van der Waals surface area contributed by atoms with Crippen molar-refractivity contribution in [1.82, 2.24) is 0 Å². The molecule has 0 aliphatic carbocycles. The third kappa shape index (κ3) is 5.14. The third-order valence-electron chi connectivity index (χ3n) is 3.30. The second-order valence-corrected chi connectivity index (χ2v) is 5.20. The monoisotopic (exact) mass is 353 g/mol. The molecule has 1 unspecified atom stereocenters. The van der Waals surface area contributed by atoms with Crippen molar-refractivity contribution >= 4 is 11.6 Å². The minimum atomic E-state index is -4.41. The minimum absolute atomic E-state index is 0.256. The van der Waals surface area contributed by atoms with Crippen molar-refractivity contribution in [3.63, 3.8) is 0 Å². The van der Waals surface area contributed by atoms with Crippen molar-refractivity contribution in [3.8, 4) is 11.5 Å². The summed E-state index contributed by atoms with van der Waals surface area (Å²) in [5, 5.41) is 2.52. The van der Waals surface area contributed by atoms with Crippen LogP contribution in [0.2, 0.25) is 0 Å². The van der Waals surface area contributed by atoms with Crippen molar-refractivity contribution in [2.24, 2.45) is 0 Å². The van der Waals surface area contributed by atoms with E-state index in [-0.39, 0.29) is 5.69 Å². The molecule has 2 aromatic carbocycles. The topological polar surface area (TPSA) is 47.6 Å². The van der Waals surface area contributed by atoms with Crippen molar-refractivity contribution in [1.29, 1.82) is 0 Å². The number of benzene rings is 2. The molecule has 0 saturated carbocycles. The molecule has 25 heavy (non-hydrogen) atoms. The normalized spacial score (nSPS) is 12.4. The van der Waals surface area contributed by atoms with E-state index in [9.17, 15) is 18.0 Å². The second-order valence-electron chi connectivity index (χ2n) is 5.20. The molecule has 0 aromatic heterocycles. The number of nitrogens with one attached hydrogen (secondary N) is 1. The molecule has 0 fully saturated rings. The summed E-state index contributed by atoms with van der Waals surface area (Å²) in [5.41, 5.74) is -0.521. The van der Waals surface area contributed by atoms with Crippen LogP contribution in [-0.2, 0) is 11.0 Å². The number of carbonyl (C=O) groups is 1. The van der Waals surface area contributed by atoms with E-state index in [1.165, 1.54) is 12.1 Å². The van der Waals surface area contributed by atoms with Crippen LogP contribution in [0.1, 0.15) is 19.4 Å². The maximum Gasteiger partial charge on any atom is 0.416 e. The summed E-state index contributed by atoms with van der Waals surface area (Å²) in [6.07, 6.45) is -5.27. The number of hydrogen-bond donors (Lipinski definition) is 1. The van der Waals surface area contributed by atoms with E-state index in [0.717, 1.165) is 12.1 Å². The highest BCUT2D eigenvalue weighted by molar-refractivity contribution is 5.94. The molecule has 0 radical (unpaired) electrons. The van der Waals surface area contributed by atoms with Crippen LogP contribution in [-0.4, -0.2) is 18.6 Å². The fourth-order valence-electron chi connectivity index (χ4n) is 2.05. The maximum absolute atomic E-state index is 12.5. The number of rotatable bonds is 6. The molecule has 0 aliphatic rings. The van der Waals surface area contributed by atoms with E-state index in [4.69, 9.17) is 9.47 Å². The number of para-hydroxylation sites is 2. The van der Waals surface area contributed by atoms with Crippen molar-refractivity contribution in [2.45, 2.75) is 26.1 Å². The first kappa shape index (κ1) is 18.6. The van der Waals surface area contributed by atoms with Gasteiger partial charge in [0.1, 0.15) is 0 Å². The number of hydrogen-bond acceptors (Lipinski definition) is 3. The van der Waals surface area contributed by atoms with E-state index in [2.05, 4.69) is 5.32 Å². The smallest absolute Gasteiger partial charge is 0.416 e. The number of halogens is 3. The number of alkyl halides is 3. The van der Waals surface area contributed by atoms with Crippen LogP contribution in [0.15, 0.2) is 48.5 Å². The zero-order valence-electron chi connectivity index (χ0n) is 13.8. The first-order valence-electron chi connectivity index (χ1n) is 7.68. The quantitative estimate of drug-likeness (QED) is 0.831. The summed E-state index contributed by atoms with van der Waals surface area (Å²) in [6.45, 7) is 3.83. The molecule has 7 heteroatoms. The summed E-state index contributed by atoms with van der Waals surface area (Å²) in [4.78, 5) is 12.2. The second kappa shape index (κ2) is 7.92. The first-order chi connectivity index (χ1) is 11.8. The summed E-state index contributed by atoms with van der Waals surface area (Å²) >= 11 is 0. The number of anilines is 1. The largest absolute Gasteiger partial charge is 0.490 e. The fraction of sp³-hybridized carbons (Fsp3) is 0.278. The SMILES string of the molecule is CCOc1ccccc1OC(C)C(=O)Nc1ccc(C(F)(F)F)cc1. The fourth-order valence-corrected chi connectivity index (χ4v) is 2.05. The summed E-state index contributed by atoms with van der Waals surface area (Å²) in [7, 11) is 0. The van der Waals surface area contributed by atoms with Gasteiger partial charge in [-0.25, -0.2) is 0 Å². The lowest BCUT2D eigenvalue weighted by atomic mass is 10.2. The maximum atomic E-state index is 12.5. The first-order valence-corrected chi connectivity index (χ1v) is 7.68. The Bertz CT molecular complexity index is 714. The third-order valence-corrected chi connectivity index (χ3v) is 3.30. The number of carbonyl (C=O) groups excluding carboxylic acids is 1. The van der Waals surface area contributed by atoms with Crippen LogP contribution >= 0.6 is 0 Å². The molecule has 1 amide bonds. The van der Waals surface area contributed by atoms with Gasteiger partial charge in [0, 0.05) is 5.69 Å². The van der Waals surface area contributed by atoms with Crippen molar-refractivity contribution in [2.75, 3.05) is 11.9 Å². The van der Waals surface area contributed by atoms with E-state index in [0.29, 0.717) is 18.1 Å². The van der Waals surface area contributed by atoms with Crippen LogP contribution in [0, 0.1) is 0 Å². The molecule has 2 rings (SSSR count). The molecule has 0 bridgehead atoms. The molecule has 0 saturated heterocycles. The molecule has 1 atom stereocenters. The summed E-state index contributed by atoms with van der Waals surface area (Å²) in [5.74, 6) is 0.449. The molecule has 0 spiro atoms. The highest BCUT2D eigenvalue weighted by Crippen LogP contribution is 2.30. The lowest BCUT2D eigenvalue weighted by Crippen LogP contribution is -2.30. The van der Waals surface area contributed by atoms with Crippen LogP contribution in [0.3, 0.4) is 0 Å². The van der Waals surface area contributed by atoms with Gasteiger partial charge in [-0.2, -0.15) is 13.2 Å². The van der Waals surface area contributed by atoms with Gasteiger partial charge in [0.15, 0.2) is 17.6 Å². The Balaban J connectivity index is 2.01. The van der Waals surface area contributed by atoms with Crippen molar-refractivity contribution < 1.29 is 27.4 Å². The zero-order valence-corrected chi connectivity index (χ0v) is 13.8. The van der Waals surface area contributed by atoms with Crippen LogP contribution in [0.4, 0.5) is 18.9 Å². The average molecular weight is 353 g/mol. The van der Waals surface area contributed by atoms with Gasteiger partial charge in [-0.3, -0.25) is 4.79 Å². The van der Waals surface area contributed by atoms with Gasteiger partial charge in [0.05, 0.1) is 12.2 Å². The number of ether oxygens (including phenoxy) is 2. The zero-order chi connectivity index (χ0) is 18.4. The van der Waals surface area contributed by atoms with E-state index >= 15 is 0 Å². The predicted octanol–water partition coefficient (Wildman–Crippen LogP) is 4.51. The van der Waals surface area contributed by atoms with Gasteiger partial charge in [-0.1, -0.05) is 12.1 Å². The van der Waals surface area contributed by atoms with E-state index < -0.39 is 23.8 Å². The lowest BCUT2D eigenvalue weighted by molar-refractivity contribution is -0.137. The van der Waals surface area contributed by atoms with E-state index in [1.807, 2.05) is 6.92 Å². The molecular formula is C18H18F3NO3. The lowest BCUT2D eigenvalue weighted by Gasteiger charge is -2.17. The van der Waals surface area contributed by atoms with Gasteiger partial charge in [0.25, 0.3) is 5.91 Å². The number of amides is 1. The van der Waals surface area contributed by atoms with Gasteiger partial charge >= 0.3 is 6.18 Å². The van der Waals surface area contributed by atoms with Gasteiger partial charge in [-0.15, -0.1) is 0 Å². The minimum Gasteiger partial charge on any atom is -0.490 e. The summed E-state index contributed by atoms with van der Waals surface area (Å²) < 4.78 is 48.6. The van der Waals surface area contributed by atoms with Crippen LogP contribution in [0.25, 0.3) is 0 Å². The Labute approximate surface area is 143 Å². The Hall–Kier alpha value is -2.70. The highest BCUT2D eigenvalue weighted by Gasteiger charge is 2.30. The molecule has 2 aromatic rings. The molecule has 1 N–H and O–H groups in total. The Morgan fingerprint density at radius 3 is 2.24 bits per heavy atom. The average Bonchev–Trinajstić information content (AvgIpc) is 2.56. The van der Waals surface area contributed by atoms with Crippen molar-refractivity contribution in [3.05, 3.63) is 54.1 Å². The molecular weight excluding hydrogens is 335 g/mol. The summed E-state index contributed by atoms with van der Waals surface area (Å²) in [6, 6.07) is 11.1. The molecule has 4 nitrogen and oxygen atoms in total. The highest BCUT2D eigenvalue weighted by atomic mass is 19.4. The van der Waals surface area contributed by atoms with Gasteiger partial charge in [0.2, 0.25) is 0 Å². The van der Waals surface area contributed by atoms with E-state index in [1.54, 1.807) is 31.2 Å². The van der Waals surface area contributed by atoms with Gasteiger partial charge < -0.3 is 14.8 Å². The Morgan fingerprint density at radius 2 is 1.68 bits per heavy atom. The Morgan fingerprint density at radius 1 is 1.08 bits per heavy atom. The van der Waals surface area contributed by atoms with Crippen LogP contribution in [0.5, 0.6) is 11.5 Å². The molecule has 0 heterocycles.